The maximum Gasteiger partial charge on any atom is 0.191 e. The molecule has 0 amide bonds. The highest BCUT2D eigenvalue weighted by Gasteiger charge is 2.15. The predicted octanol–water partition coefficient (Wildman–Crippen LogP) is 3.05. The van der Waals surface area contributed by atoms with Crippen molar-refractivity contribution in [2.75, 3.05) is 20.2 Å². The number of halogens is 1. The van der Waals surface area contributed by atoms with Crippen LogP contribution in [0.1, 0.15) is 42.5 Å². The van der Waals surface area contributed by atoms with Crippen LogP contribution in [-0.2, 0) is 18.2 Å². The van der Waals surface area contributed by atoms with Gasteiger partial charge < -0.3 is 15.4 Å². The molecule has 2 rings (SSSR count). The Hall–Kier alpha value is -2.41. The van der Waals surface area contributed by atoms with Crippen molar-refractivity contribution in [1.29, 1.82) is 0 Å². The Labute approximate surface area is 167 Å². The van der Waals surface area contributed by atoms with Crippen molar-refractivity contribution in [2.24, 2.45) is 12.0 Å². The summed E-state index contributed by atoms with van der Waals surface area (Å²) in [5.74, 6) is 0.477. The molecule has 1 aromatic heterocycles. The number of guanidine groups is 1. The largest absolute Gasteiger partial charge is 0.375 e. The lowest BCUT2D eigenvalue weighted by atomic mass is 10.1. The minimum atomic E-state index is -0.257. The van der Waals surface area contributed by atoms with Gasteiger partial charge in [-0.1, -0.05) is 12.1 Å². The van der Waals surface area contributed by atoms with Crippen molar-refractivity contribution in [3.05, 3.63) is 52.6 Å². The number of aryl methyl sites for hydroxylation is 2. The Balaban J connectivity index is 2.05. The second-order valence-corrected chi connectivity index (χ2v) is 7.02. The summed E-state index contributed by atoms with van der Waals surface area (Å²) in [4.78, 5) is 4.67. The fourth-order valence-electron chi connectivity index (χ4n) is 3.19. The summed E-state index contributed by atoms with van der Waals surface area (Å²) in [5.41, 5.74) is 4.41. The SMILES string of the molecule is CCNC(=NCC(OC)c1ccc(F)cc1)NC(C)Cc1c(C)nn(C)c1C. The lowest BCUT2D eigenvalue weighted by Crippen LogP contribution is -2.43. The molecule has 6 nitrogen and oxygen atoms in total. The Kier molecular flexibility index (Phi) is 7.99. The van der Waals surface area contributed by atoms with E-state index in [1.807, 2.05) is 25.6 Å². The molecule has 1 heterocycles. The van der Waals surface area contributed by atoms with Gasteiger partial charge in [-0.25, -0.2) is 4.39 Å². The zero-order chi connectivity index (χ0) is 20.7. The van der Waals surface area contributed by atoms with Gasteiger partial charge in [0.25, 0.3) is 0 Å². The summed E-state index contributed by atoms with van der Waals surface area (Å²) in [5, 5.41) is 11.2. The van der Waals surface area contributed by atoms with E-state index in [1.165, 1.54) is 23.4 Å². The monoisotopic (exact) mass is 389 g/mol. The number of nitrogens with one attached hydrogen (secondary N) is 2. The first-order valence-corrected chi connectivity index (χ1v) is 9.67. The second kappa shape index (κ2) is 10.2. The number of rotatable bonds is 8. The van der Waals surface area contributed by atoms with Crippen LogP contribution in [0, 0.1) is 19.7 Å². The molecule has 0 fully saturated rings. The van der Waals surface area contributed by atoms with E-state index in [4.69, 9.17) is 4.74 Å². The quantitative estimate of drug-likeness (QED) is 0.538. The number of benzene rings is 1. The molecular formula is C21H32FN5O. The van der Waals surface area contributed by atoms with Gasteiger partial charge in [-0.2, -0.15) is 5.10 Å². The van der Waals surface area contributed by atoms with Crippen LogP contribution in [0.4, 0.5) is 4.39 Å². The van der Waals surface area contributed by atoms with Crippen LogP contribution >= 0.6 is 0 Å². The summed E-state index contributed by atoms with van der Waals surface area (Å²) in [6, 6.07) is 6.53. The third kappa shape index (κ3) is 5.79. The summed E-state index contributed by atoms with van der Waals surface area (Å²) >= 11 is 0. The second-order valence-electron chi connectivity index (χ2n) is 7.02. The number of ether oxygens (including phenoxy) is 1. The van der Waals surface area contributed by atoms with Crippen LogP contribution in [0.25, 0.3) is 0 Å². The van der Waals surface area contributed by atoms with Crippen molar-refractivity contribution in [1.82, 2.24) is 20.4 Å². The normalized spacial score (nSPS) is 14.0. The van der Waals surface area contributed by atoms with Crippen LogP contribution in [0.15, 0.2) is 29.3 Å². The average Bonchev–Trinajstić information content (AvgIpc) is 2.89. The smallest absolute Gasteiger partial charge is 0.191 e. The Morgan fingerprint density at radius 2 is 1.96 bits per heavy atom. The summed E-state index contributed by atoms with van der Waals surface area (Å²) in [6.45, 7) is 9.50. The van der Waals surface area contributed by atoms with Crippen molar-refractivity contribution in [2.45, 2.75) is 46.3 Å². The highest BCUT2D eigenvalue weighted by Crippen LogP contribution is 2.17. The van der Waals surface area contributed by atoms with Gasteiger partial charge in [0, 0.05) is 32.4 Å². The molecule has 28 heavy (non-hydrogen) atoms. The van der Waals surface area contributed by atoms with E-state index in [1.54, 1.807) is 19.2 Å². The Morgan fingerprint density at radius 3 is 2.50 bits per heavy atom. The number of hydrogen-bond donors (Lipinski definition) is 2. The van der Waals surface area contributed by atoms with E-state index in [-0.39, 0.29) is 18.0 Å². The van der Waals surface area contributed by atoms with Gasteiger partial charge in [0.15, 0.2) is 5.96 Å². The van der Waals surface area contributed by atoms with E-state index in [9.17, 15) is 4.39 Å². The summed E-state index contributed by atoms with van der Waals surface area (Å²) in [7, 11) is 3.61. The Bertz CT molecular complexity index is 785. The highest BCUT2D eigenvalue weighted by atomic mass is 19.1. The number of aromatic nitrogens is 2. The predicted molar refractivity (Wildman–Crippen MR) is 111 cm³/mol. The fourth-order valence-corrected chi connectivity index (χ4v) is 3.19. The van der Waals surface area contributed by atoms with Gasteiger partial charge in [-0.15, -0.1) is 0 Å². The molecule has 0 bridgehead atoms. The van der Waals surface area contributed by atoms with E-state index in [0.717, 1.165) is 30.2 Å². The first-order valence-electron chi connectivity index (χ1n) is 9.67. The highest BCUT2D eigenvalue weighted by molar-refractivity contribution is 5.80. The van der Waals surface area contributed by atoms with Gasteiger partial charge in [0.05, 0.1) is 12.2 Å². The lowest BCUT2D eigenvalue weighted by molar-refractivity contribution is 0.111. The molecule has 2 atom stereocenters. The molecule has 0 radical (unpaired) electrons. The van der Waals surface area contributed by atoms with Crippen LogP contribution in [0.3, 0.4) is 0 Å². The maximum atomic E-state index is 13.2. The zero-order valence-corrected chi connectivity index (χ0v) is 17.7. The van der Waals surface area contributed by atoms with E-state index >= 15 is 0 Å². The fraction of sp³-hybridized carbons (Fsp3) is 0.524. The van der Waals surface area contributed by atoms with Crippen molar-refractivity contribution >= 4 is 5.96 Å². The summed E-state index contributed by atoms with van der Waals surface area (Å²) in [6.07, 6.45) is 0.635. The van der Waals surface area contributed by atoms with E-state index in [2.05, 4.69) is 34.6 Å². The molecule has 0 saturated heterocycles. The molecule has 0 aliphatic heterocycles. The first-order chi connectivity index (χ1) is 13.3. The van der Waals surface area contributed by atoms with Crippen molar-refractivity contribution in [3.8, 4) is 0 Å². The van der Waals surface area contributed by atoms with Crippen molar-refractivity contribution < 1.29 is 9.13 Å². The molecule has 1 aromatic carbocycles. The molecule has 0 aliphatic rings. The third-order valence-electron chi connectivity index (χ3n) is 4.84. The van der Waals surface area contributed by atoms with E-state index < -0.39 is 0 Å². The van der Waals surface area contributed by atoms with Crippen LogP contribution in [0.2, 0.25) is 0 Å². The van der Waals surface area contributed by atoms with Gasteiger partial charge in [0.1, 0.15) is 11.9 Å². The van der Waals surface area contributed by atoms with Gasteiger partial charge in [-0.3, -0.25) is 9.67 Å². The number of nitrogens with zero attached hydrogens (tertiary/aromatic N) is 3. The maximum absolute atomic E-state index is 13.2. The van der Waals surface area contributed by atoms with Crippen LogP contribution in [-0.4, -0.2) is 42.0 Å². The molecule has 7 heteroatoms. The van der Waals surface area contributed by atoms with Gasteiger partial charge >= 0.3 is 0 Å². The average molecular weight is 390 g/mol. The van der Waals surface area contributed by atoms with Crippen LogP contribution < -0.4 is 10.6 Å². The molecule has 2 N–H and O–H groups in total. The third-order valence-corrected chi connectivity index (χ3v) is 4.84. The lowest BCUT2D eigenvalue weighted by Gasteiger charge is -2.19. The minimum absolute atomic E-state index is 0.186. The number of aliphatic imine (C=N–C) groups is 1. The molecule has 0 aliphatic carbocycles. The molecular weight excluding hydrogens is 357 g/mol. The zero-order valence-electron chi connectivity index (χ0n) is 17.7. The van der Waals surface area contributed by atoms with Gasteiger partial charge in [-0.05, 0) is 57.4 Å². The Morgan fingerprint density at radius 1 is 1.29 bits per heavy atom. The van der Waals surface area contributed by atoms with E-state index in [0.29, 0.717) is 6.54 Å². The van der Waals surface area contributed by atoms with Crippen molar-refractivity contribution in [3.63, 3.8) is 0 Å². The molecule has 154 valence electrons. The number of methoxy groups -OCH3 is 1. The number of hydrogen-bond acceptors (Lipinski definition) is 3. The minimum Gasteiger partial charge on any atom is -0.375 e. The topological polar surface area (TPSA) is 63.5 Å². The van der Waals surface area contributed by atoms with Gasteiger partial charge in [0.2, 0.25) is 0 Å². The molecule has 0 saturated carbocycles. The molecule has 0 spiro atoms. The first kappa shape index (κ1) is 21.9. The summed E-state index contributed by atoms with van der Waals surface area (Å²) < 4.78 is 20.6. The molecule has 2 unspecified atom stereocenters. The molecule has 2 aromatic rings. The standard InChI is InChI=1S/C21H32FN5O/c1-7-23-21(24-13-20(28-6)17-8-10-18(22)11-9-17)25-14(2)12-19-15(3)26-27(5)16(19)4/h8-11,14,20H,7,12-13H2,1-6H3,(H2,23,24,25). The van der Waals surface area contributed by atoms with Crippen LogP contribution in [0.5, 0.6) is 0 Å².